The molecule has 1 aliphatic rings. The summed E-state index contributed by atoms with van der Waals surface area (Å²) in [5, 5.41) is 9.41. The van der Waals surface area contributed by atoms with Crippen molar-refractivity contribution in [3.8, 4) is 11.8 Å². The Bertz CT molecular complexity index is 794. The molecular weight excluding hydrogens is 314 g/mol. The number of ether oxygens (including phenoxy) is 1. The van der Waals surface area contributed by atoms with Gasteiger partial charge in [0.1, 0.15) is 11.8 Å². The van der Waals surface area contributed by atoms with Crippen molar-refractivity contribution < 1.29 is 9.15 Å². The van der Waals surface area contributed by atoms with Crippen LogP contribution in [-0.4, -0.2) is 25.2 Å². The van der Waals surface area contributed by atoms with Crippen LogP contribution >= 0.6 is 0 Å². The van der Waals surface area contributed by atoms with Crippen molar-refractivity contribution in [1.29, 1.82) is 5.26 Å². The van der Waals surface area contributed by atoms with E-state index in [2.05, 4.69) is 29.8 Å². The third kappa shape index (κ3) is 4.03. The molecule has 0 saturated carbocycles. The van der Waals surface area contributed by atoms with E-state index in [0.29, 0.717) is 29.3 Å². The highest BCUT2D eigenvalue weighted by atomic mass is 16.5. The summed E-state index contributed by atoms with van der Waals surface area (Å²) in [6, 6.07) is 9.89. The average Bonchev–Trinajstić information content (AvgIpc) is 3.03. The van der Waals surface area contributed by atoms with Gasteiger partial charge in [-0.05, 0) is 42.0 Å². The Morgan fingerprint density at radius 3 is 2.72 bits per heavy atom. The summed E-state index contributed by atoms with van der Waals surface area (Å²) in [4.78, 5) is 6.47. The molecule has 0 bridgehead atoms. The van der Waals surface area contributed by atoms with Gasteiger partial charge in [0.25, 0.3) is 0 Å². The average molecular weight is 337 g/mol. The van der Waals surface area contributed by atoms with Gasteiger partial charge in [-0.2, -0.15) is 10.2 Å². The van der Waals surface area contributed by atoms with Gasteiger partial charge in [-0.3, -0.25) is 0 Å². The van der Waals surface area contributed by atoms with Crippen LogP contribution in [0.5, 0.6) is 5.75 Å². The highest BCUT2D eigenvalue weighted by molar-refractivity contribution is 5.68. The number of benzene rings is 1. The lowest BCUT2D eigenvalue weighted by Crippen LogP contribution is -2.38. The molecule has 0 radical (unpaired) electrons. The number of aromatic nitrogens is 1. The van der Waals surface area contributed by atoms with Gasteiger partial charge in [-0.1, -0.05) is 26.0 Å². The van der Waals surface area contributed by atoms with Gasteiger partial charge in [0.05, 0.1) is 7.11 Å². The monoisotopic (exact) mass is 337 g/mol. The quantitative estimate of drug-likeness (QED) is 0.836. The maximum absolute atomic E-state index is 9.41. The number of methoxy groups -OCH3 is 1. The second kappa shape index (κ2) is 7.43. The van der Waals surface area contributed by atoms with E-state index in [1.165, 1.54) is 6.42 Å². The normalized spacial score (nSPS) is 20.6. The lowest BCUT2D eigenvalue weighted by atomic mass is 9.92. The van der Waals surface area contributed by atoms with Crippen LogP contribution < -0.4 is 9.64 Å². The van der Waals surface area contributed by atoms with Gasteiger partial charge >= 0.3 is 0 Å². The van der Waals surface area contributed by atoms with Crippen LogP contribution in [0.15, 0.2) is 28.7 Å². The standard InChI is InChI=1S/C20H23N3O2/c1-14-9-15(2)13-23(12-14)20-18(11-21)22-19(25-20)8-7-16-5-4-6-17(10-16)24-3/h4-8,10,14-15H,9,12-13H2,1-3H3/b8-7+/t14-,15-/m0/s1. The fourth-order valence-electron chi connectivity index (χ4n) is 3.43. The van der Waals surface area contributed by atoms with E-state index in [9.17, 15) is 5.26 Å². The van der Waals surface area contributed by atoms with Crippen LogP contribution in [0.25, 0.3) is 12.2 Å². The van der Waals surface area contributed by atoms with Crippen LogP contribution in [0.4, 0.5) is 5.88 Å². The zero-order chi connectivity index (χ0) is 17.8. The summed E-state index contributed by atoms with van der Waals surface area (Å²) in [6.45, 7) is 6.25. The molecule has 2 aromatic rings. The summed E-state index contributed by atoms with van der Waals surface area (Å²) < 4.78 is 11.1. The van der Waals surface area contributed by atoms with Crippen LogP contribution in [0.2, 0.25) is 0 Å². The van der Waals surface area contributed by atoms with Gasteiger partial charge < -0.3 is 14.1 Å². The summed E-state index contributed by atoms with van der Waals surface area (Å²) in [5.74, 6) is 2.99. The minimum atomic E-state index is 0.353. The third-order valence-corrected chi connectivity index (χ3v) is 4.40. The number of nitrogens with zero attached hydrogens (tertiary/aromatic N) is 3. The smallest absolute Gasteiger partial charge is 0.235 e. The first-order valence-corrected chi connectivity index (χ1v) is 8.57. The number of piperidine rings is 1. The zero-order valence-corrected chi connectivity index (χ0v) is 14.9. The van der Waals surface area contributed by atoms with Gasteiger partial charge in [-0.25, -0.2) is 0 Å². The van der Waals surface area contributed by atoms with E-state index in [4.69, 9.17) is 9.15 Å². The fraction of sp³-hybridized carbons (Fsp3) is 0.400. The Labute approximate surface area is 148 Å². The van der Waals surface area contributed by atoms with E-state index in [1.807, 2.05) is 30.3 Å². The van der Waals surface area contributed by atoms with Gasteiger partial charge in [0, 0.05) is 19.2 Å². The lowest BCUT2D eigenvalue weighted by Gasteiger charge is -2.34. The molecule has 5 nitrogen and oxygen atoms in total. The Balaban J connectivity index is 1.83. The molecule has 5 heteroatoms. The molecule has 1 aromatic heterocycles. The number of rotatable bonds is 4. The second-order valence-electron chi connectivity index (χ2n) is 6.78. The maximum Gasteiger partial charge on any atom is 0.235 e. The molecule has 0 aliphatic carbocycles. The van der Waals surface area contributed by atoms with E-state index < -0.39 is 0 Å². The fourth-order valence-corrected chi connectivity index (χ4v) is 3.43. The molecule has 130 valence electrons. The van der Waals surface area contributed by atoms with Crippen molar-refractivity contribution in [3.05, 3.63) is 41.4 Å². The van der Waals surface area contributed by atoms with Crippen molar-refractivity contribution in [2.75, 3.05) is 25.1 Å². The largest absolute Gasteiger partial charge is 0.497 e. The summed E-state index contributed by atoms with van der Waals surface area (Å²) in [6.07, 6.45) is 4.89. The number of anilines is 1. The molecule has 0 spiro atoms. The minimum Gasteiger partial charge on any atom is -0.497 e. The van der Waals surface area contributed by atoms with Gasteiger partial charge in [-0.15, -0.1) is 0 Å². The minimum absolute atomic E-state index is 0.353. The number of nitriles is 1. The summed E-state index contributed by atoms with van der Waals surface area (Å²) in [5.41, 5.74) is 1.34. The third-order valence-electron chi connectivity index (χ3n) is 4.40. The van der Waals surface area contributed by atoms with E-state index >= 15 is 0 Å². The summed E-state index contributed by atoms with van der Waals surface area (Å²) in [7, 11) is 1.64. The van der Waals surface area contributed by atoms with Crippen LogP contribution in [0.3, 0.4) is 0 Å². The summed E-state index contributed by atoms with van der Waals surface area (Å²) >= 11 is 0. The molecule has 1 saturated heterocycles. The van der Waals surface area contributed by atoms with Gasteiger partial charge in [0.2, 0.25) is 17.5 Å². The molecule has 3 rings (SSSR count). The predicted molar refractivity (Wildman–Crippen MR) is 98.3 cm³/mol. The van der Waals surface area contributed by atoms with Crippen molar-refractivity contribution >= 4 is 18.0 Å². The molecular formula is C20H23N3O2. The van der Waals surface area contributed by atoms with E-state index in [0.717, 1.165) is 24.4 Å². The SMILES string of the molecule is COc1cccc(/C=C/c2nc(C#N)c(N3C[C@@H](C)C[C@H](C)C3)o2)c1. The molecule has 0 N–H and O–H groups in total. The Hall–Kier alpha value is -2.74. The number of hydrogen-bond donors (Lipinski definition) is 0. The molecule has 25 heavy (non-hydrogen) atoms. The van der Waals surface area contributed by atoms with Crippen molar-refractivity contribution in [1.82, 2.24) is 4.98 Å². The van der Waals surface area contributed by atoms with E-state index in [-0.39, 0.29) is 0 Å². The highest BCUT2D eigenvalue weighted by Crippen LogP contribution is 2.30. The molecule has 0 amide bonds. The number of hydrogen-bond acceptors (Lipinski definition) is 5. The predicted octanol–water partition coefficient (Wildman–Crippen LogP) is 4.21. The van der Waals surface area contributed by atoms with E-state index in [1.54, 1.807) is 13.2 Å². The van der Waals surface area contributed by atoms with Crippen LogP contribution in [0, 0.1) is 23.2 Å². The lowest BCUT2D eigenvalue weighted by molar-refractivity contribution is 0.342. The topological polar surface area (TPSA) is 62.3 Å². The number of oxazole rings is 1. The first kappa shape index (κ1) is 17.1. The second-order valence-corrected chi connectivity index (χ2v) is 6.78. The van der Waals surface area contributed by atoms with Crippen LogP contribution in [-0.2, 0) is 0 Å². The van der Waals surface area contributed by atoms with Crippen molar-refractivity contribution in [3.63, 3.8) is 0 Å². The van der Waals surface area contributed by atoms with Gasteiger partial charge in [0.15, 0.2) is 0 Å². The highest BCUT2D eigenvalue weighted by Gasteiger charge is 2.27. The maximum atomic E-state index is 9.41. The van der Waals surface area contributed by atoms with Crippen molar-refractivity contribution in [2.24, 2.45) is 11.8 Å². The molecule has 2 atom stereocenters. The Morgan fingerprint density at radius 1 is 1.28 bits per heavy atom. The van der Waals surface area contributed by atoms with Crippen molar-refractivity contribution in [2.45, 2.75) is 20.3 Å². The Kier molecular flexibility index (Phi) is 5.08. The first-order chi connectivity index (χ1) is 12.1. The molecule has 2 heterocycles. The first-order valence-electron chi connectivity index (χ1n) is 8.57. The molecule has 1 aliphatic heterocycles. The molecule has 0 unspecified atom stereocenters. The Morgan fingerprint density at radius 2 is 2.04 bits per heavy atom. The molecule has 1 fully saturated rings. The zero-order valence-electron chi connectivity index (χ0n) is 14.9. The molecule has 1 aromatic carbocycles. The van der Waals surface area contributed by atoms with Crippen LogP contribution in [0.1, 0.15) is 37.4 Å².